The molecule has 132 valence electrons. The SMILES string of the molecule is Cc1nn2ncc(CNC(=O)c3cnc(OC(F)F)c(Cl)c3)c2n1C. The number of nitrogens with one attached hydrogen (secondary N) is 1. The van der Waals surface area contributed by atoms with E-state index in [1.165, 1.54) is 10.7 Å². The number of amides is 1. The summed E-state index contributed by atoms with van der Waals surface area (Å²) in [4.78, 5) is 15.8. The van der Waals surface area contributed by atoms with Crippen LogP contribution in [0.15, 0.2) is 18.5 Å². The van der Waals surface area contributed by atoms with E-state index in [1.54, 1.807) is 6.20 Å². The lowest BCUT2D eigenvalue weighted by molar-refractivity contribution is -0.0527. The zero-order valence-corrected chi connectivity index (χ0v) is 14.0. The lowest BCUT2D eigenvalue weighted by Gasteiger charge is -2.08. The van der Waals surface area contributed by atoms with E-state index in [-0.39, 0.29) is 17.1 Å². The predicted octanol–water partition coefficient (Wildman–Crippen LogP) is 1.96. The minimum atomic E-state index is -3.04. The average molecular weight is 371 g/mol. The summed E-state index contributed by atoms with van der Waals surface area (Å²) in [6.07, 6.45) is 2.72. The number of pyridine rings is 1. The van der Waals surface area contributed by atoms with Crippen LogP contribution >= 0.6 is 11.6 Å². The third-order valence-electron chi connectivity index (χ3n) is 3.55. The highest BCUT2D eigenvalue weighted by Crippen LogP contribution is 2.24. The molecule has 0 aliphatic rings. The van der Waals surface area contributed by atoms with Crippen LogP contribution < -0.4 is 10.1 Å². The normalized spacial score (nSPS) is 11.3. The summed E-state index contributed by atoms with van der Waals surface area (Å²) < 4.78 is 31.8. The quantitative estimate of drug-likeness (QED) is 0.742. The van der Waals surface area contributed by atoms with Crippen molar-refractivity contribution in [3.05, 3.63) is 40.4 Å². The molecule has 1 N–H and O–H groups in total. The Labute approximate surface area is 145 Å². The Morgan fingerprint density at radius 2 is 2.20 bits per heavy atom. The first-order valence-electron chi connectivity index (χ1n) is 7.11. The van der Waals surface area contributed by atoms with Gasteiger partial charge in [-0.2, -0.15) is 13.9 Å². The van der Waals surface area contributed by atoms with Crippen molar-refractivity contribution in [2.75, 3.05) is 0 Å². The Balaban J connectivity index is 1.73. The van der Waals surface area contributed by atoms with E-state index in [0.29, 0.717) is 0 Å². The van der Waals surface area contributed by atoms with E-state index in [0.717, 1.165) is 23.2 Å². The molecule has 1 amide bonds. The van der Waals surface area contributed by atoms with Crippen LogP contribution in [0.4, 0.5) is 8.78 Å². The van der Waals surface area contributed by atoms with Crippen LogP contribution in [0.25, 0.3) is 5.65 Å². The summed E-state index contributed by atoms with van der Waals surface area (Å²) in [6.45, 7) is -1.00. The van der Waals surface area contributed by atoms with Gasteiger partial charge in [0.2, 0.25) is 5.88 Å². The van der Waals surface area contributed by atoms with Gasteiger partial charge in [-0.05, 0) is 13.0 Å². The Kier molecular flexibility index (Phi) is 4.53. The molecule has 0 aliphatic carbocycles. The second-order valence-electron chi connectivity index (χ2n) is 5.16. The predicted molar refractivity (Wildman–Crippen MR) is 83.7 cm³/mol. The van der Waals surface area contributed by atoms with E-state index >= 15 is 0 Å². The second kappa shape index (κ2) is 6.63. The first-order chi connectivity index (χ1) is 11.9. The van der Waals surface area contributed by atoms with Gasteiger partial charge in [-0.3, -0.25) is 4.79 Å². The molecule has 0 aromatic carbocycles. The molecule has 3 heterocycles. The highest BCUT2D eigenvalue weighted by atomic mass is 35.5. The third kappa shape index (κ3) is 3.38. The van der Waals surface area contributed by atoms with Crippen molar-refractivity contribution in [3.8, 4) is 5.88 Å². The molecule has 0 fully saturated rings. The topological polar surface area (TPSA) is 86.3 Å². The molecule has 0 aliphatic heterocycles. The standard InChI is InChI=1S/C14H13ClF2N6O2/c1-7-21-23-13(22(7)2)9(6-20-23)5-18-11(24)8-3-10(15)12(19-4-8)25-14(16)17/h3-4,6,14H,5H2,1-2H3,(H,18,24). The fourth-order valence-corrected chi connectivity index (χ4v) is 2.48. The Morgan fingerprint density at radius 3 is 2.88 bits per heavy atom. The highest BCUT2D eigenvalue weighted by molar-refractivity contribution is 6.32. The van der Waals surface area contributed by atoms with Crippen molar-refractivity contribution in [3.63, 3.8) is 0 Å². The van der Waals surface area contributed by atoms with Gasteiger partial charge in [0, 0.05) is 25.4 Å². The fraction of sp³-hybridized carbons (Fsp3) is 0.286. The number of rotatable bonds is 5. The molecule has 11 heteroatoms. The highest BCUT2D eigenvalue weighted by Gasteiger charge is 2.16. The van der Waals surface area contributed by atoms with Crippen LogP contribution in [0.1, 0.15) is 21.7 Å². The van der Waals surface area contributed by atoms with Gasteiger partial charge in [0.15, 0.2) is 5.65 Å². The minimum Gasteiger partial charge on any atom is -0.415 e. The number of alkyl halides is 2. The van der Waals surface area contributed by atoms with Crippen molar-refractivity contribution >= 4 is 23.2 Å². The third-order valence-corrected chi connectivity index (χ3v) is 3.82. The molecule has 0 saturated carbocycles. The summed E-state index contributed by atoms with van der Waals surface area (Å²) in [5.41, 5.74) is 1.65. The summed E-state index contributed by atoms with van der Waals surface area (Å²) in [5, 5.41) is 10.9. The summed E-state index contributed by atoms with van der Waals surface area (Å²) in [7, 11) is 1.84. The van der Waals surface area contributed by atoms with Gasteiger partial charge < -0.3 is 14.6 Å². The largest absolute Gasteiger partial charge is 0.415 e. The molecular weight excluding hydrogens is 358 g/mol. The number of aromatic nitrogens is 5. The van der Waals surface area contributed by atoms with Crippen LogP contribution in [0.5, 0.6) is 5.88 Å². The van der Waals surface area contributed by atoms with E-state index in [9.17, 15) is 13.6 Å². The summed E-state index contributed by atoms with van der Waals surface area (Å²) >= 11 is 5.79. The molecule has 25 heavy (non-hydrogen) atoms. The fourth-order valence-electron chi connectivity index (χ4n) is 2.27. The number of hydrogen-bond acceptors (Lipinski definition) is 5. The van der Waals surface area contributed by atoms with Gasteiger partial charge >= 0.3 is 6.61 Å². The molecule has 0 unspecified atom stereocenters. The number of hydrogen-bond donors (Lipinski definition) is 1. The van der Waals surface area contributed by atoms with Crippen molar-refractivity contribution in [1.82, 2.24) is 29.7 Å². The summed E-state index contributed by atoms with van der Waals surface area (Å²) in [5.74, 6) is -0.116. The number of ether oxygens (including phenoxy) is 1. The van der Waals surface area contributed by atoms with E-state index in [2.05, 4.69) is 25.2 Å². The molecule has 0 spiro atoms. The van der Waals surface area contributed by atoms with Crippen molar-refractivity contribution in [2.45, 2.75) is 20.1 Å². The van der Waals surface area contributed by atoms with Crippen molar-refractivity contribution in [1.29, 1.82) is 0 Å². The molecule has 0 radical (unpaired) electrons. The van der Waals surface area contributed by atoms with Crippen LogP contribution in [-0.4, -0.2) is 36.9 Å². The van der Waals surface area contributed by atoms with Gasteiger partial charge in [0.1, 0.15) is 10.8 Å². The lowest BCUT2D eigenvalue weighted by atomic mass is 10.2. The number of carbonyl (C=O) groups is 1. The molecular formula is C14H13ClF2N6O2. The first-order valence-corrected chi connectivity index (χ1v) is 7.49. The number of halogens is 3. The smallest absolute Gasteiger partial charge is 0.388 e. The van der Waals surface area contributed by atoms with Crippen LogP contribution in [0, 0.1) is 6.92 Å². The molecule has 0 saturated heterocycles. The van der Waals surface area contributed by atoms with E-state index in [4.69, 9.17) is 11.6 Å². The minimum absolute atomic E-state index is 0.121. The van der Waals surface area contributed by atoms with E-state index < -0.39 is 18.4 Å². The van der Waals surface area contributed by atoms with Crippen molar-refractivity contribution < 1.29 is 18.3 Å². The number of carbonyl (C=O) groups excluding carboxylic acids is 1. The first kappa shape index (κ1) is 17.1. The zero-order valence-electron chi connectivity index (χ0n) is 13.2. The van der Waals surface area contributed by atoms with Crippen LogP contribution in [0.2, 0.25) is 5.02 Å². The lowest BCUT2D eigenvalue weighted by Crippen LogP contribution is -2.23. The summed E-state index contributed by atoms with van der Waals surface area (Å²) in [6, 6.07) is 1.21. The van der Waals surface area contributed by atoms with Crippen LogP contribution in [-0.2, 0) is 13.6 Å². The number of fused-ring (bicyclic) bond motifs is 1. The molecule has 0 atom stereocenters. The Hall–Kier alpha value is -2.75. The second-order valence-corrected chi connectivity index (χ2v) is 5.57. The maximum absolute atomic E-state index is 12.2. The maximum Gasteiger partial charge on any atom is 0.388 e. The molecule has 0 bridgehead atoms. The number of nitrogens with zero attached hydrogens (tertiary/aromatic N) is 5. The Bertz CT molecular complexity index is 939. The van der Waals surface area contributed by atoms with Gasteiger partial charge in [-0.15, -0.1) is 9.73 Å². The van der Waals surface area contributed by atoms with Gasteiger partial charge in [-0.1, -0.05) is 11.6 Å². The van der Waals surface area contributed by atoms with Gasteiger partial charge in [-0.25, -0.2) is 4.98 Å². The monoisotopic (exact) mass is 370 g/mol. The van der Waals surface area contributed by atoms with Gasteiger partial charge in [0.25, 0.3) is 5.91 Å². The van der Waals surface area contributed by atoms with Gasteiger partial charge in [0.05, 0.1) is 11.8 Å². The average Bonchev–Trinajstić information content (AvgIpc) is 3.07. The van der Waals surface area contributed by atoms with Crippen LogP contribution in [0.3, 0.4) is 0 Å². The molecule has 8 nitrogen and oxygen atoms in total. The van der Waals surface area contributed by atoms with Crippen molar-refractivity contribution in [2.24, 2.45) is 7.05 Å². The molecule has 3 aromatic heterocycles. The number of aryl methyl sites for hydroxylation is 2. The molecule has 3 aromatic rings. The zero-order chi connectivity index (χ0) is 18.1. The van der Waals surface area contributed by atoms with E-state index in [1.807, 2.05) is 18.5 Å². The maximum atomic E-state index is 12.2. The Morgan fingerprint density at radius 1 is 1.44 bits per heavy atom. The molecule has 3 rings (SSSR count).